The highest BCUT2D eigenvalue weighted by Gasteiger charge is 2.18. The summed E-state index contributed by atoms with van der Waals surface area (Å²) in [7, 11) is 0. The molecular weight excluding hydrogens is 362 g/mol. The highest BCUT2D eigenvalue weighted by Crippen LogP contribution is 2.21. The van der Waals surface area contributed by atoms with E-state index in [0.29, 0.717) is 9.88 Å². The van der Waals surface area contributed by atoms with E-state index in [9.17, 15) is 4.79 Å². The van der Waals surface area contributed by atoms with Gasteiger partial charge in [-0.25, -0.2) is 9.00 Å². The number of carbonyl (C=O) groups excluding carboxylic acids is 1. The van der Waals surface area contributed by atoms with Crippen LogP contribution in [0.3, 0.4) is 0 Å². The fraction of sp³-hybridized carbons (Fsp3) is 0.615. The van der Waals surface area contributed by atoms with Crippen LogP contribution in [0, 0.1) is 0 Å². The number of nitrogens with two attached hydrogens (primary N) is 1. The van der Waals surface area contributed by atoms with Crippen molar-refractivity contribution in [1.82, 2.24) is 0 Å². The van der Waals surface area contributed by atoms with Crippen LogP contribution in [-0.2, 0) is 15.8 Å². The van der Waals surface area contributed by atoms with E-state index in [1.807, 2.05) is 34.6 Å². The highest BCUT2D eigenvalue weighted by atomic mass is 32.2. The predicted octanol–water partition coefficient (Wildman–Crippen LogP) is 3.15. The molecule has 0 radical (unpaired) electrons. The van der Waals surface area contributed by atoms with E-state index < -0.39 is 16.7 Å². The van der Waals surface area contributed by atoms with Gasteiger partial charge in [0.1, 0.15) is 21.6 Å². The normalized spacial score (nSPS) is 10.1. The molecule has 0 fully saturated rings. The lowest BCUT2D eigenvalue weighted by Gasteiger charge is -2.18. The third-order valence-corrected chi connectivity index (χ3v) is 2.12. The summed E-state index contributed by atoms with van der Waals surface area (Å²) >= 11 is 0.379. The molecule has 0 amide bonds. The van der Waals surface area contributed by atoms with Crippen LogP contribution in [0.5, 0.6) is 0 Å². The first-order valence-electron chi connectivity index (χ1n) is 6.32. The monoisotopic (exact) mass is 391 g/mol. The Morgan fingerprint density at radius 1 is 1.35 bits per heavy atom. The van der Waals surface area contributed by atoms with Crippen molar-refractivity contribution in [3.8, 4) is 0 Å². The van der Waals surface area contributed by atoms with Gasteiger partial charge in [-0.05, 0) is 44.9 Å². The molecule has 0 spiro atoms. The quantitative estimate of drug-likeness (QED) is 0.379. The van der Waals surface area contributed by atoms with Crippen molar-refractivity contribution in [3.63, 3.8) is 0 Å². The van der Waals surface area contributed by atoms with Crippen molar-refractivity contribution >= 4 is 45.4 Å². The predicted molar refractivity (Wildman–Crippen MR) is 102 cm³/mol. The van der Waals surface area contributed by atoms with Gasteiger partial charge in [0.15, 0.2) is 0 Å². The van der Waals surface area contributed by atoms with Crippen LogP contribution in [0.4, 0.5) is 5.00 Å². The van der Waals surface area contributed by atoms with Crippen molar-refractivity contribution in [2.75, 3.05) is 18.2 Å². The number of anilines is 1. The van der Waals surface area contributed by atoms with Crippen molar-refractivity contribution < 1.29 is 28.3 Å². The maximum Gasteiger partial charge on any atom is 0.348 e. The summed E-state index contributed by atoms with van der Waals surface area (Å²) in [4.78, 5) is 12.0. The molecule has 0 aliphatic carbocycles. The average molecular weight is 392 g/mol. The van der Waals surface area contributed by atoms with E-state index in [-0.39, 0.29) is 11.4 Å². The van der Waals surface area contributed by atoms with Crippen LogP contribution in [-0.4, -0.2) is 42.9 Å². The molecule has 10 heteroatoms. The molecule has 0 aliphatic heterocycles. The van der Waals surface area contributed by atoms with Gasteiger partial charge in [0.2, 0.25) is 0 Å². The standard InChI is InChI=1S/C9H13NO2S.C2H6.CH4O2S.CH4OS.H2O/c1-9(2,3)12-8(11)6-4-5-7(10)13-6;1-2;1-4(2)3;1-3-2;/h4-5H,10H2,1-3H3;1-2H3;1H3,(H,2,3);2H,1H3;1H2. The third kappa shape index (κ3) is 26.6. The molecule has 140 valence electrons. The summed E-state index contributed by atoms with van der Waals surface area (Å²) in [5, 5.41) is 0.626. The molecular formula is C13H29NO6S3. The van der Waals surface area contributed by atoms with Crippen LogP contribution in [0.15, 0.2) is 12.1 Å². The maximum atomic E-state index is 11.4. The van der Waals surface area contributed by atoms with Crippen molar-refractivity contribution in [3.05, 3.63) is 17.0 Å². The molecule has 1 aromatic rings. The molecule has 23 heavy (non-hydrogen) atoms. The lowest BCUT2D eigenvalue weighted by Crippen LogP contribution is -2.23. The van der Waals surface area contributed by atoms with Gasteiger partial charge in [0.05, 0.1) is 5.00 Å². The Bertz CT molecular complexity index is 414. The fourth-order valence-corrected chi connectivity index (χ4v) is 1.44. The molecule has 7 nitrogen and oxygen atoms in total. The zero-order chi connectivity index (χ0) is 18.3. The number of carbonyl (C=O) groups is 1. The number of thiophene rings is 1. The summed E-state index contributed by atoms with van der Waals surface area (Å²) in [5.74, 6) is -0.311. The smallest absolute Gasteiger partial charge is 0.348 e. The molecule has 1 heterocycles. The number of esters is 1. The molecule has 0 bridgehead atoms. The highest BCUT2D eigenvalue weighted by molar-refractivity contribution is 7.93. The van der Waals surface area contributed by atoms with Crippen LogP contribution < -0.4 is 5.73 Å². The van der Waals surface area contributed by atoms with Gasteiger partial charge in [0.25, 0.3) is 0 Å². The minimum absolute atomic E-state index is 0. The van der Waals surface area contributed by atoms with Crippen LogP contribution in [0.25, 0.3) is 0 Å². The topological polar surface area (TPSA) is 141 Å². The van der Waals surface area contributed by atoms with Gasteiger partial charge < -0.3 is 25.1 Å². The number of hydrogen-bond donors (Lipinski definition) is 3. The Kier molecular flexibility index (Phi) is 23.3. The van der Waals surface area contributed by atoms with Gasteiger partial charge in [0, 0.05) is 12.5 Å². The van der Waals surface area contributed by atoms with Crippen molar-refractivity contribution in [2.45, 2.75) is 40.2 Å². The van der Waals surface area contributed by atoms with E-state index in [4.69, 9.17) is 23.8 Å². The van der Waals surface area contributed by atoms with Crippen LogP contribution >= 0.6 is 23.4 Å². The summed E-state index contributed by atoms with van der Waals surface area (Å²) in [6.45, 7) is 9.51. The largest absolute Gasteiger partial charge is 0.456 e. The molecule has 0 aliphatic rings. The molecule has 6 N–H and O–H groups in total. The van der Waals surface area contributed by atoms with Crippen LogP contribution in [0.1, 0.15) is 44.3 Å². The summed E-state index contributed by atoms with van der Waals surface area (Å²) < 4.78 is 29.3. The van der Waals surface area contributed by atoms with Gasteiger partial charge in [-0.15, -0.1) is 11.3 Å². The molecule has 1 rings (SSSR count). The molecule has 1 atom stereocenters. The molecule has 0 saturated heterocycles. The zero-order valence-electron chi connectivity index (χ0n) is 14.6. The Labute approximate surface area is 149 Å². The van der Waals surface area contributed by atoms with E-state index in [0.717, 1.165) is 12.0 Å². The van der Waals surface area contributed by atoms with Crippen molar-refractivity contribution in [1.29, 1.82) is 0 Å². The second-order valence-corrected chi connectivity index (χ2v) is 6.64. The molecule has 0 saturated carbocycles. The SMILES string of the molecule is CC.CC(C)(C)OC(=O)c1ccc(N)s1.CS(=O)O.CSO.O. The lowest BCUT2D eigenvalue weighted by molar-refractivity contribution is 0.00752. The lowest BCUT2D eigenvalue weighted by atomic mass is 10.2. The van der Waals surface area contributed by atoms with E-state index in [1.165, 1.54) is 17.6 Å². The van der Waals surface area contributed by atoms with Gasteiger partial charge in [-0.2, -0.15) is 0 Å². The second kappa shape index (κ2) is 17.7. The number of ether oxygens (including phenoxy) is 1. The Balaban J connectivity index is -0.000000153. The minimum Gasteiger partial charge on any atom is -0.456 e. The molecule has 0 aromatic carbocycles. The van der Waals surface area contributed by atoms with E-state index >= 15 is 0 Å². The number of rotatable bonds is 1. The molecule has 1 aromatic heterocycles. The van der Waals surface area contributed by atoms with Gasteiger partial charge in [-0.1, -0.05) is 13.8 Å². The maximum absolute atomic E-state index is 11.4. The first-order chi connectivity index (χ1) is 10.0. The second-order valence-electron chi connectivity index (χ2n) is 4.31. The summed E-state index contributed by atoms with van der Waals surface area (Å²) in [6, 6.07) is 3.37. The van der Waals surface area contributed by atoms with Crippen LogP contribution in [0.2, 0.25) is 0 Å². The Morgan fingerprint density at radius 2 is 1.70 bits per heavy atom. The van der Waals surface area contributed by atoms with Gasteiger partial charge >= 0.3 is 5.97 Å². The van der Waals surface area contributed by atoms with Gasteiger partial charge in [-0.3, -0.25) is 0 Å². The van der Waals surface area contributed by atoms with E-state index in [2.05, 4.69) is 0 Å². The van der Waals surface area contributed by atoms with Crippen molar-refractivity contribution in [2.24, 2.45) is 0 Å². The first kappa shape index (κ1) is 30.3. The third-order valence-electron chi connectivity index (χ3n) is 1.23. The Hall–Kier alpha value is -0.650. The zero-order valence-corrected chi connectivity index (χ0v) is 17.0. The number of hydrogen-bond acceptors (Lipinski definition) is 7. The average Bonchev–Trinajstić information content (AvgIpc) is 2.77. The number of nitrogen functional groups attached to an aromatic ring is 1. The molecule has 1 unspecified atom stereocenters. The summed E-state index contributed by atoms with van der Waals surface area (Å²) in [6.07, 6.45) is 2.79. The Morgan fingerprint density at radius 3 is 1.91 bits per heavy atom. The summed E-state index contributed by atoms with van der Waals surface area (Å²) in [5.41, 5.74) is 5.04. The first-order valence-corrected chi connectivity index (χ1v) is 9.83. The minimum atomic E-state index is -1.61. The fourth-order valence-electron chi connectivity index (χ4n) is 0.791. The van der Waals surface area contributed by atoms with E-state index in [1.54, 1.807) is 18.4 Å².